The Kier molecular flexibility index (Phi) is 6.37. The lowest BCUT2D eigenvalue weighted by Gasteiger charge is -2.36. The van der Waals surface area contributed by atoms with Crippen molar-refractivity contribution in [2.75, 3.05) is 19.8 Å². The predicted octanol–water partition coefficient (Wildman–Crippen LogP) is 3.35. The summed E-state index contributed by atoms with van der Waals surface area (Å²) in [6.45, 7) is 7.15. The van der Waals surface area contributed by atoms with Crippen LogP contribution in [0, 0.1) is 11.3 Å². The number of rotatable bonds is 7. The van der Waals surface area contributed by atoms with Gasteiger partial charge in [0.2, 0.25) is 0 Å². The quantitative estimate of drug-likeness (QED) is 0.677. The summed E-state index contributed by atoms with van der Waals surface area (Å²) >= 11 is 0. The third-order valence-electron chi connectivity index (χ3n) is 3.96. The zero-order valence-electron chi connectivity index (χ0n) is 11.1. The molecule has 2 N–H and O–H groups in total. The smallest absolute Gasteiger partial charge is 0.0471 e. The first-order valence-corrected chi connectivity index (χ1v) is 6.96. The normalized spacial score (nSPS) is 20.2. The van der Waals surface area contributed by atoms with Gasteiger partial charge in [0.15, 0.2) is 0 Å². The number of ether oxygens (including phenoxy) is 1. The molecular weight excluding hydrogens is 198 g/mol. The molecule has 0 aliphatic heterocycles. The lowest BCUT2D eigenvalue weighted by molar-refractivity contribution is 0.0723. The number of hydrogen-bond acceptors (Lipinski definition) is 2. The SMILES string of the molecule is CC(C)CCOCCC1(CN)CCCCC1. The lowest BCUT2D eigenvalue weighted by atomic mass is 9.72. The van der Waals surface area contributed by atoms with E-state index in [2.05, 4.69) is 13.8 Å². The van der Waals surface area contributed by atoms with Crippen molar-refractivity contribution in [1.82, 2.24) is 0 Å². The fourth-order valence-corrected chi connectivity index (χ4v) is 2.57. The van der Waals surface area contributed by atoms with Crippen LogP contribution in [0.2, 0.25) is 0 Å². The van der Waals surface area contributed by atoms with E-state index in [-0.39, 0.29) is 0 Å². The Labute approximate surface area is 101 Å². The predicted molar refractivity (Wildman–Crippen MR) is 69.5 cm³/mol. The van der Waals surface area contributed by atoms with Gasteiger partial charge in [0, 0.05) is 13.2 Å². The van der Waals surface area contributed by atoms with Crippen LogP contribution in [0.5, 0.6) is 0 Å². The highest BCUT2D eigenvalue weighted by Crippen LogP contribution is 2.38. The minimum absolute atomic E-state index is 0.413. The van der Waals surface area contributed by atoms with Gasteiger partial charge >= 0.3 is 0 Å². The molecule has 0 heterocycles. The van der Waals surface area contributed by atoms with E-state index in [4.69, 9.17) is 10.5 Å². The van der Waals surface area contributed by atoms with E-state index in [0.29, 0.717) is 5.41 Å². The molecule has 1 fully saturated rings. The van der Waals surface area contributed by atoms with Crippen molar-refractivity contribution >= 4 is 0 Å². The molecule has 1 saturated carbocycles. The Hall–Kier alpha value is -0.0800. The zero-order valence-corrected chi connectivity index (χ0v) is 11.1. The van der Waals surface area contributed by atoms with Crippen LogP contribution in [0.1, 0.15) is 58.8 Å². The Morgan fingerprint density at radius 2 is 1.81 bits per heavy atom. The largest absolute Gasteiger partial charge is 0.381 e. The maximum absolute atomic E-state index is 5.95. The summed E-state index contributed by atoms with van der Waals surface area (Å²) in [6, 6.07) is 0. The summed E-state index contributed by atoms with van der Waals surface area (Å²) in [5.41, 5.74) is 6.36. The van der Waals surface area contributed by atoms with Gasteiger partial charge in [-0.25, -0.2) is 0 Å². The van der Waals surface area contributed by atoms with Gasteiger partial charge in [-0.3, -0.25) is 0 Å². The van der Waals surface area contributed by atoms with E-state index in [1.165, 1.54) is 44.9 Å². The average molecular weight is 227 g/mol. The van der Waals surface area contributed by atoms with Crippen molar-refractivity contribution < 1.29 is 4.74 Å². The number of nitrogens with two attached hydrogens (primary N) is 1. The van der Waals surface area contributed by atoms with E-state index in [9.17, 15) is 0 Å². The molecule has 96 valence electrons. The van der Waals surface area contributed by atoms with Crippen molar-refractivity contribution in [3.05, 3.63) is 0 Å². The van der Waals surface area contributed by atoms with Gasteiger partial charge in [-0.15, -0.1) is 0 Å². The molecule has 0 aromatic rings. The topological polar surface area (TPSA) is 35.2 Å². The molecule has 1 aliphatic rings. The van der Waals surface area contributed by atoms with E-state index in [1.807, 2.05) is 0 Å². The Morgan fingerprint density at radius 1 is 1.12 bits per heavy atom. The average Bonchev–Trinajstić information content (AvgIpc) is 2.29. The van der Waals surface area contributed by atoms with Crippen molar-refractivity contribution in [3.63, 3.8) is 0 Å². The van der Waals surface area contributed by atoms with Crippen LogP contribution < -0.4 is 5.73 Å². The monoisotopic (exact) mass is 227 g/mol. The molecule has 0 spiro atoms. The third kappa shape index (κ3) is 4.84. The molecule has 0 bridgehead atoms. The maximum Gasteiger partial charge on any atom is 0.0471 e. The van der Waals surface area contributed by atoms with Crippen LogP contribution in [0.25, 0.3) is 0 Å². The summed E-state index contributed by atoms with van der Waals surface area (Å²) in [7, 11) is 0. The molecule has 0 unspecified atom stereocenters. The molecule has 0 amide bonds. The molecule has 0 atom stereocenters. The van der Waals surface area contributed by atoms with Gasteiger partial charge in [-0.05, 0) is 43.6 Å². The molecule has 2 heteroatoms. The molecule has 0 aromatic heterocycles. The summed E-state index contributed by atoms with van der Waals surface area (Å²) < 4.78 is 5.72. The first kappa shape index (κ1) is 14.0. The van der Waals surface area contributed by atoms with Crippen LogP contribution >= 0.6 is 0 Å². The van der Waals surface area contributed by atoms with Crippen LogP contribution in [0.4, 0.5) is 0 Å². The van der Waals surface area contributed by atoms with Crippen molar-refractivity contribution in [3.8, 4) is 0 Å². The highest BCUT2D eigenvalue weighted by atomic mass is 16.5. The fraction of sp³-hybridized carbons (Fsp3) is 1.00. The summed E-state index contributed by atoms with van der Waals surface area (Å²) in [5.74, 6) is 0.748. The van der Waals surface area contributed by atoms with Gasteiger partial charge in [0.25, 0.3) is 0 Å². The molecule has 16 heavy (non-hydrogen) atoms. The summed E-state index contributed by atoms with van der Waals surface area (Å²) in [5, 5.41) is 0. The Bertz CT molecular complexity index is 174. The van der Waals surface area contributed by atoms with E-state index < -0.39 is 0 Å². The van der Waals surface area contributed by atoms with Gasteiger partial charge in [-0.1, -0.05) is 33.1 Å². The van der Waals surface area contributed by atoms with E-state index in [0.717, 1.165) is 25.7 Å². The molecule has 0 radical (unpaired) electrons. The van der Waals surface area contributed by atoms with Crippen LogP contribution in [0.15, 0.2) is 0 Å². The third-order valence-corrected chi connectivity index (χ3v) is 3.96. The van der Waals surface area contributed by atoms with Crippen LogP contribution in [-0.2, 0) is 4.74 Å². The van der Waals surface area contributed by atoms with Gasteiger partial charge < -0.3 is 10.5 Å². The number of hydrogen-bond donors (Lipinski definition) is 1. The maximum atomic E-state index is 5.95. The zero-order chi connectivity index (χ0) is 11.9. The first-order chi connectivity index (χ1) is 7.68. The van der Waals surface area contributed by atoms with Crippen molar-refractivity contribution in [1.29, 1.82) is 0 Å². The summed E-state index contributed by atoms with van der Waals surface area (Å²) in [6.07, 6.45) is 9.10. The van der Waals surface area contributed by atoms with Crippen LogP contribution in [0.3, 0.4) is 0 Å². The lowest BCUT2D eigenvalue weighted by Crippen LogP contribution is -2.34. The molecular formula is C14H29NO. The molecule has 1 aliphatic carbocycles. The van der Waals surface area contributed by atoms with Gasteiger partial charge in [-0.2, -0.15) is 0 Å². The molecule has 2 nitrogen and oxygen atoms in total. The molecule has 0 aromatic carbocycles. The standard InChI is InChI=1S/C14H29NO/c1-13(2)6-10-16-11-9-14(12-15)7-4-3-5-8-14/h13H,3-12,15H2,1-2H3. The van der Waals surface area contributed by atoms with Crippen molar-refractivity contribution in [2.45, 2.75) is 58.8 Å². The van der Waals surface area contributed by atoms with E-state index in [1.54, 1.807) is 0 Å². The van der Waals surface area contributed by atoms with E-state index >= 15 is 0 Å². The second-order valence-corrected chi connectivity index (χ2v) is 5.81. The van der Waals surface area contributed by atoms with Crippen LogP contribution in [-0.4, -0.2) is 19.8 Å². The van der Waals surface area contributed by atoms with Gasteiger partial charge in [0.1, 0.15) is 0 Å². The minimum Gasteiger partial charge on any atom is -0.381 e. The minimum atomic E-state index is 0.413. The second-order valence-electron chi connectivity index (χ2n) is 5.81. The summed E-state index contributed by atoms with van der Waals surface area (Å²) in [4.78, 5) is 0. The van der Waals surface area contributed by atoms with Crippen molar-refractivity contribution in [2.24, 2.45) is 17.1 Å². The second kappa shape index (κ2) is 7.29. The Morgan fingerprint density at radius 3 is 2.38 bits per heavy atom. The molecule has 1 rings (SSSR count). The van der Waals surface area contributed by atoms with Gasteiger partial charge in [0.05, 0.1) is 0 Å². The molecule has 0 saturated heterocycles. The highest BCUT2D eigenvalue weighted by molar-refractivity contribution is 4.83. The Balaban J connectivity index is 2.13. The fourth-order valence-electron chi connectivity index (χ4n) is 2.57. The highest BCUT2D eigenvalue weighted by Gasteiger charge is 2.29. The first-order valence-electron chi connectivity index (χ1n) is 6.96.